The van der Waals surface area contributed by atoms with Crippen LogP contribution in [0.25, 0.3) is 0 Å². The average molecular weight is 1060 g/mol. The minimum absolute atomic E-state index is 0.0150. The third kappa shape index (κ3) is 4.27. The molecule has 0 heterocycles. The third-order valence-electron chi connectivity index (χ3n) is 4.06. The largest absolute Gasteiger partial charge is 0.134 e. The molecular weight excluding hydrogens is 1050 g/mol. The van der Waals surface area contributed by atoms with Crippen molar-refractivity contribution in [3.05, 3.63) is 35.9 Å². The van der Waals surface area contributed by atoms with Gasteiger partial charge in [-0.1, -0.05) is 206 Å². The summed E-state index contributed by atoms with van der Waals surface area (Å²) in [5, 5.41) is 0. The van der Waals surface area contributed by atoms with Gasteiger partial charge < -0.3 is 0 Å². The fourth-order valence-electron chi connectivity index (χ4n) is 2.54. The molecule has 1 aliphatic rings. The Morgan fingerprint density at radius 2 is 1.16 bits per heavy atom. The quantitative estimate of drug-likeness (QED) is 0.265. The molecule has 1 saturated carbocycles. The van der Waals surface area contributed by atoms with Gasteiger partial charge in [0.15, 0.2) is 0 Å². The van der Waals surface area contributed by atoms with Crippen LogP contribution in [0, 0.1) is 0 Å². The molecule has 1 aliphatic carbocycles. The Labute approximate surface area is 240 Å². The molecule has 3 unspecified atom stereocenters. The number of benzene rings is 1. The summed E-state index contributed by atoms with van der Waals surface area (Å²) in [7, 11) is 0. The van der Waals surface area contributed by atoms with Gasteiger partial charge in [0.25, 0.3) is 0 Å². The van der Waals surface area contributed by atoms with Crippen molar-refractivity contribution in [2.45, 2.75) is 33.3 Å². The smallest absolute Gasteiger partial charge is 0.0859 e. The van der Waals surface area contributed by atoms with E-state index in [0.29, 0.717) is 6.42 Å². The molecule has 0 aliphatic heterocycles. The van der Waals surface area contributed by atoms with Crippen molar-refractivity contribution in [2.75, 3.05) is 0 Å². The number of halogens is 11. The lowest BCUT2D eigenvalue weighted by Crippen LogP contribution is -2.71. The van der Waals surface area contributed by atoms with Gasteiger partial charge in [-0.25, -0.2) is 0 Å². The lowest BCUT2D eigenvalue weighted by molar-refractivity contribution is 0.393. The van der Waals surface area contributed by atoms with Crippen molar-refractivity contribution in [3.8, 4) is 0 Å². The normalized spacial score (nSPS) is 32.0. The highest BCUT2D eigenvalue weighted by Crippen LogP contribution is 2.77. The molecular formula is C14H9Br11. The van der Waals surface area contributed by atoms with Crippen LogP contribution in [0.4, 0.5) is 0 Å². The molecule has 0 saturated heterocycles. The molecule has 1 fully saturated rings. The van der Waals surface area contributed by atoms with E-state index < -0.39 is 17.3 Å². The Bertz CT molecular complexity index is 627. The van der Waals surface area contributed by atoms with Crippen LogP contribution in [0.1, 0.15) is 16.8 Å². The van der Waals surface area contributed by atoms with E-state index in [4.69, 9.17) is 0 Å². The molecule has 0 amide bonds. The van der Waals surface area contributed by atoms with Crippen molar-refractivity contribution in [1.82, 2.24) is 0 Å². The monoisotopic (exact) mass is 1050 g/mol. The summed E-state index contributed by atoms with van der Waals surface area (Å²) in [4.78, 5) is 0.0912. The molecule has 142 valence electrons. The van der Waals surface area contributed by atoms with E-state index in [1.807, 2.05) is 18.2 Å². The van der Waals surface area contributed by atoms with E-state index in [1.165, 1.54) is 5.56 Å². The van der Waals surface area contributed by atoms with Crippen LogP contribution in [0.3, 0.4) is 0 Å². The third-order valence-corrected chi connectivity index (χ3v) is 25.8. The standard InChI is InChI=1S/C14H9Br11/c15-8(7-4-2-1-3-5-7)9(16)10(17)6-11(18,19)13(22,23)14(24,25)12(10,20)21/h1-5,8-9H,6H2. The Morgan fingerprint density at radius 3 is 1.64 bits per heavy atom. The van der Waals surface area contributed by atoms with Gasteiger partial charge in [0.05, 0.1) is 9.15 Å². The Kier molecular flexibility index (Phi) is 9.06. The van der Waals surface area contributed by atoms with Crippen LogP contribution in [0.2, 0.25) is 0 Å². The number of alkyl halides is 11. The second-order valence-corrected chi connectivity index (χ2v) is 23.2. The van der Waals surface area contributed by atoms with Crippen LogP contribution in [-0.2, 0) is 0 Å². The van der Waals surface area contributed by atoms with Crippen LogP contribution in [0.5, 0.6) is 0 Å². The van der Waals surface area contributed by atoms with Crippen LogP contribution in [0.15, 0.2) is 30.3 Å². The number of rotatable bonds is 3. The zero-order valence-corrected chi connectivity index (χ0v) is 29.4. The zero-order chi connectivity index (χ0) is 19.5. The maximum Gasteiger partial charge on any atom is 0.134 e. The van der Waals surface area contributed by atoms with E-state index in [2.05, 4.69) is 187 Å². The van der Waals surface area contributed by atoms with Gasteiger partial charge in [0.1, 0.15) is 12.9 Å². The van der Waals surface area contributed by atoms with E-state index in [0.717, 1.165) is 0 Å². The SMILES string of the molecule is BrC(c1ccccc1)C(Br)C1(Br)CC(Br)(Br)C(Br)(Br)C(Br)(Br)C1(Br)Br. The highest BCUT2D eigenvalue weighted by Gasteiger charge is 2.77. The van der Waals surface area contributed by atoms with Gasteiger partial charge in [-0.2, -0.15) is 0 Å². The first-order valence-corrected chi connectivity index (χ1v) is 15.6. The molecule has 0 N–H and O–H groups in total. The first-order valence-electron chi connectivity index (χ1n) is 6.67. The first-order chi connectivity index (χ1) is 11.1. The summed E-state index contributed by atoms with van der Waals surface area (Å²) in [6, 6.07) is 10.3. The van der Waals surface area contributed by atoms with Gasteiger partial charge in [-0.3, -0.25) is 0 Å². The van der Waals surface area contributed by atoms with Crippen LogP contribution in [-0.4, -0.2) is 22.1 Å². The van der Waals surface area contributed by atoms with Gasteiger partial charge in [0.2, 0.25) is 0 Å². The minimum atomic E-state index is -0.649. The lowest BCUT2D eigenvalue weighted by atomic mass is 9.83. The molecule has 1 aromatic rings. The molecule has 1 aromatic carbocycles. The summed E-state index contributed by atoms with van der Waals surface area (Å²) in [5.41, 5.74) is 1.19. The summed E-state index contributed by atoms with van der Waals surface area (Å²) >= 11 is 42.8. The first kappa shape index (κ1) is 25.8. The number of hydrogen-bond acceptors (Lipinski definition) is 0. The molecule has 25 heavy (non-hydrogen) atoms. The minimum Gasteiger partial charge on any atom is -0.0859 e. The Hall–Kier alpha value is 4.50. The van der Waals surface area contributed by atoms with Crippen LogP contribution >= 0.6 is 175 Å². The average Bonchev–Trinajstić information content (AvgIpc) is 2.52. The fourth-order valence-corrected chi connectivity index (χ4v) is 14.6. The van der Waals surface area contributed by atoms with Gasteiger partial charge in [0, 0.05) is 4.83 Å². The van der Waals surface area contributed by atoms with Gasteiger partial charge in [-0.15, -0.1) is 0 Å². The van der Waals surface area contributed by atoms with E-state index >= 15 is 0 Å². The summed E-state index contributed by atoms with van der Waals surface area (Å²) in [5.74, 6) is 0. The maximum atomic E-state index is 4.05. The highest BCUT2D eigenvalue weighted by atomic mass is 79.9. The highest BCUT2D eigenvalue weighted by molar-refractivity contribution is 9.34. The van der Waals surface area contributed by atoms with Crippen molar-refractivity contribution >= 4 is 175 Å². The topological polar surface area (TPSA) is 0 Å². The predicted octanol–water partition coefficient (Wildman–Crippen LogP) is 10.4. The predicted molar refractivity (Wildman–Crippen MR) is 149 cm³/mol. The Balaban J connectivity index is 2.55. The molecule has 0 spiro atoms. The van der Waals surface area contributed by atoms with Gasteiger partial charge in [-0.05, 0) is 12.0 Å². The summed E-state index contributed by atoms with van der Waals surface area (Å²) in [6.45, 7) is 0. The molecule has 0 nitrogen and oxygen atoms in total. The van der Waals surface area contributed by atoms with Crippen LogP contribution < -0.4 is 0 Å². The number of hydrogen-bond donors (Lipinski definition) is 0. The lowest BCUT2D eigenvalue weighted by Gasteiger charge is -2.62. The molecule has 11 heteroatoms. The van der Waals surface area contributed by atoms with E-state index in [9.17, 15) is 0 Å². The van der Waals surface area contributed by atoms with Crippen molar-refractivity contribution in [1.29, 1.82) is 0 Å². The molecule has 0 bridgehead atoms. The zero-order valence-electron chi connectivity index (χ0n) is 11.9. The maximum absolute atomic E-state index is 4.05. The second-order valence-electron chi connectivity index (χ2n) is 5.68. The summed E-state index contributed by atoms with van der Waals surface area (Å²) in [6.07, 6.45) is 0.705. The molecule has 2 rings (SSSR count). The van der Waals surface area contributed by atoms with Gasteiger partial charge >= 0.3 is 0 Å². The molecule has 3 atom stereocenters. The Morgan fingerprint density at radius 1 is 0.680 bits per heavy atom. The molecule has 0 aromatic heterocycles. The molecule has 0 radical (unpaired) electrons. The summed E-state index contributed by atoms with van der Waals surface area (Å²) < 4.78 is -2.76. The fraction of sp³-hybridized carbons (Fsp3) is 0.571. The van der Waals surface area contributed by atoms with Crippen molar-refractivity contribution in [2.24, 2.45) is 0 Å². The van der Waals surface area contributed by atoms with E-state index in [1.54, 1.807) is 0 Å². The van der Waals surface area contributed by atoms with Crippen molar-refractivity contribution in [3.63, 3.8) is 0 Å². The van der Waals surface area contributed by atoms with E-state index in [-0.39, 0.29) is 9.65 Å². The second kappa shape index (κ2) is 8.80. The van der Waals surface area contributed by atoms with Crippen molar-refractivity contribution < 1.29 is 0 Å².